The Morgan fingerprint density at radius 3 is 2.86 bits per heavy atom. The van der Waals surface area contributed by atoms with Crippen LogP contribution in [0, 0.1) is 22.6 Å². The topological polar surface area (TPSA) is 155 Å². The van der Waals surface area contributed by atoms with Crippen molar-refractivity contribution in [2.75, 3.05) is 19.3 Å². The fourth-order valence-corrected chi connectivity index (χ4v) is 3.01. The van der Waals surface area contributed by atoms with Gasteiger partial charge in [0, 0.05) is 23.9 Å². The summed E-state index contributed by atoms with van der Waals surface area (Å²) in [6.45, 7) is 1.53. The summed E-state index contributed by atoms with van der Waals surface area (Å²) in [5.41, 5.74) is 12.3. The lowest BCUT2D eigenvalue weighted by Crippen LogP contribution is -2.33. The van der Waals surface area contributed by atoms with Crippen molar-refractivity contribution in [3.05, 3.63) is 52.7 Å². The van der Waals surface area contributed by atoms with Crippen molar-refractivity contribution in [2.45, 2.75) is 13.0 Å². The highest BCUT2D eigenvalue weighted by Crippen LogP contribution is 2.30. The van der Waals surface area contributed by atoms with Crippen LogP contribution in [0.15, 0.2) is 30.1 Å². The normalized spacial score (nSPS) is 19.3. The van der Waals surface area contributed by atoms with Crippen molar-refractivity contribution in [2.24, 2.45) is 5.73 Å². The minimum Gasteiger partial charge on any atom is -0.467 e. The van der Waals surface area contributed by atoms with E-state index in [-0.39, 0.29) is 40.8 Å². The van der Waals surface area contributed by atoms with Gasteiger partial charge in [0.15, 0.2) is 5.82 Å². The van der Waals surface area contributed by atoms with Crippen LogP contribution in [0.3, 0.4) is 0 Å². The second-order valence-electron chi connectivity index (χ2n) is 6.49. The summed E-state index contributed by atoms with van der Waals surface area (Å²) in [5.74, 6) is -1.08. The monoisotopic (exact) mass is 395 g/mol. The molecule has 1 aliphatic heterocycles. The molecular formula is C19H18FN7O2. The molecule has 0 spiro atoms. The largest absolute Gasteiger partial charge is 0.467 e. The molecular weight excluding hydrogens is 377 g/mol. The van der Waals surface area contributed by atoms with Crippen molar-refractivity contribution < 1.29 is 13.9 Å². The van der Waals surface area contributed by atoms with Crippen molar-refractivity contribution in [3.8, 4) is 11.9 Å². The molecule has 0 radical (unpaired) electrons. The smallest absolute Gasteiger partial charge is 0.258 e. The number of nitrogens with zero attached hydrogens (tertiary/aromatic N) is 4. The predicted octanol–water partition coefficient (Wildman–Crippen LogP) is 1.64. The average molecular weight is 395 g/mol. The maximum absolute atomic E-state index is 13.9. The fourth-order valence-electron chi connectivity index (χ4n) is 3.01. The number of nitrogens with one attached hydrogen (secondary N) is 1. The number of ether oxygens (including phenoxy) is 1. The maximum Gasteiger partial charge on any atom is 0.258 e. The van der Waals surface area contributed by atoms with Crippen LogP contribution >= 0.6 is 0 Å². The van der Waals surface area contributed by atoms with Crippen LogP contribution in [-0.4, -0.2) is 40.1 Å². The molecule has 148 valence electrons. The molecule has 0 saturated heterocycles. The predicted molar refractivity (Wildman–Crippen MR) is 103 cm³/mol. The summed E-state index contributed by atoms with van der Waals surface area (Å²) in [4.78, 5) is 22.5. The number of halogens is 1. The second-order valence-corrected chi connectivity index (χ2v) is 6.49. The van der Waals surface area contributed by atoms with Gasteiger partial charge in [0.1, 0.15) is 23.7 Å². The Hall–Kier alpha value is -4.00. The first-order valence-electron chi connectivity index (χ1n) is 8.55. The third-order valence-electron chi connectivity index (χ3n) is 4.43. The van der Waals surface area contributed by atoms with Crippen LogP contribution in [0.25, 0.3) is 5.57 Å². The van der Waals surface area contributed by atoms with Gasteiger partial charge in [-0.15, -0.1) is 0 Å². The molecule has 0 unspecified atom stereocenters. The zero-order valence-corrected chi connectivity index (χ0v) is 15.7. The van der Waals surface area contributed by atoms with Gasteiger partial charge >= 0.3 is 0 Å². The number of fused-ring (bicyclic) bond motifs is 3. The number of carbonyl (C=O) groups is 1. The number of amides is 1. The zero-order valence-electron chi connectivity index (χ0n) is 15.7. The lowest BCUT2D eigenvalue weighted by atomic mass is 10.0. The molecule has 1 atom stereocenters. The molecule has 2 bridgehead atoms. The Morgan fingerprint density at radius 2 is 2.17 bits per heavy atom. The van der Waals surface area contributed by atoms with E-state index < -0.39 is 23.5 Å². The minimum absolute atomic E-state index is 0.0251. The van der Waals surface area contributed by atoms with E-state index in [1.165, 1.54) is 36.3 Å². The number of nitrogens with two attached hydrogens (primary N) is 2. The molecule has 1 amide bonds. The van der Waals surface area contributed by atoms with Gasteiger partial charge < -0.3 is 21.1 Å². The van der Waals surface area contributed by atoms with Crippen LogP contribution in [0.2, 0.25) is 0 Å². The van der Waals surface area contributed by atoms with E-state index in [2.05, 4.69) is 9.97 Å². The maximum atomic E-state index is 13.9. The summed E-state index contributed by atoms with van der Waals surface area (Å²) >= 11 is 0. The SMILES string of the molecule is C[C@H]1Oc2nc(cnc2N)/C(C(=N)C#N)=C(/N)CN(C)C(=O)c2ccc(F)cc21. The van der Waals surface area contributed by atoms with Gasteiger partial charge in [-0.2, -0.15) is 5.26 Å². The molecule has 2 heterocycles. The van der Waals surface area contributed by atoms with Gasteiger partial charge in [-0.3, -0.25) is 10.2 Å². The highest BCUT2D eigenvalue weighted by Gasteiger charge is 2.26. The summed E-state index contributed by atoms with van der Waals surface area (Å²) in [5, 5.41) is 17.2. The molecule has 1 aliphatic rings. The van der Waals surface area contributed by atoms with Gasteiger partial charge in [0.05, 0.1) is 24.0 Å². The zero-order chi connectivity index (χ0) is 21.3. The first-order valence-corrected chi connectivity index (χ1v) is 8.55. The lowest BCUT2D eigenvalue weighted by molar-refractivity contribution is 0.0801. The van der Waals surface area contributed by atoms with Crippen LogP contribution < -0.4 is 16.2 Å². The molecule has 1 aromatic carbocycles. The third kappa shape index (κ3) is 3.70. The van der Waals surface area contributed by atoms with Gasteiger partial charge in [-0.25, -0.2) is 14.4 Å². The quantitative estimate of drug-likeness (QED) is 0.620. The summed E-state index contributed by atoms with van der Waals surface area (Å²) in [6.07, 6.45) is 0.479. The first kappa shape index (κ1) is 19.8. The number of anilines is 1. The average Bonchev–Trinajstić information content (AvgIpc) is 2.68. The number of nitriles is 1. The molecule has 5 N–H and O–H groups in total. The number of nitrogen functional groups attached to an aromatic ring is 1. The molecule has 1 aromatic heterocycles. The first-order chi connectivity index (χ1) is 13.7. The third-order valence-corrected chi connectivity index (χ3v) is 4.43. The molecule has 9 nitrogen and oxygen atoms in total. The fraction of sp³-hybridized carbons (Fsp3) is 0.211. The Kier molecular flexibility index (Phi) is 5.14. The van der Waals surface area contributed by atoms with Crippen molar-refractivity contribution in [1.29, 1.82) is 10.7 Å². The van der Waals surface area contributed by atoms with E-state index in [9.17, 15) is 14.4 Å². The van der Waals surface area contributed by atoms with E-state index >= 15 is 0 Å². The number of allylic oxidation sites excluding steroid dienone is 1. The van der Waals surface area contributed by atoms with Gasteiger partial charge in [0.25, 0.3) is 11.8 Å². The number of carbonyl (C=O) groups excluding carboxylic acids is 1. The summed E-state index contributed by atoms with van der Waals surface area (Å²) < 4.78 is 19.6. The molecule has 10 heteroatoms. The molecule has 29 heavy (non-hydrogen) atoms. The molecule has 0 saturated carbocycles. The van der Waals surface area contributed by atoms with Crippen molar-refractivity contribution in [3.63, 3.8) is 0 Å². The minimum atomic E-state index is -0.787. The van der Waals surface area contributed by atoms with Crippen molar-refractivity contribution >= 4 is 23.0 Å². The number of benzene rings is 1. The molecule has 0 aliphatic carbocycles. The van der Waals surface area contributed by atoms with Gasteiger partial charge in [-0.05, 0) is 25.1 Å². The lowest BCUT2D eigenvalue weighted by Gasteiger charge is -2.24. The second kappa shape index (κ2) is 7.55. The van der Waals surface area contributed by atoms with E-state index in [4.69, 9.17) is 21.6 Å². The Bertz CT molecular complexity index is 1090. The number of aromatic nitrogens is 2. The molecule has 0 fully saturated rings. The number of hydrogen-bond acceptors (Lipinski definition) is 8. The standard InChI is InChI=1S/C19H18FN7O2/c1-9-12-5-10(20)3-4-11(12)19(28)27(2)8-14(23)16(13(22)6-21)15-7-25-17(24)18(26-15)29-9/h3-5,7,9,22H,8,23H2,1-2H3,(H2,24,25)/b16-14+,22-13?/t9-/m1/s1. The van der Waals surface area contributed by atoms with Gasteiger partial charge in [-0.1, -0.05) is 0 Å². The number of hydrogen-bond donors (Lipinski definition) is 3. The Morgan fingerprint density at radius 1 is 1.45 bits per heavy atom. The number of likely N-dealkylation sites (N-methyl/N-ethyl adjacent to an activating group) is 1. The van der Waals surface area contributed by atoms with Gasteiger partial charge in [0.2, 0.25) is 0 Å². The van der Waals surface area contributed by atoms with Crippen molar-refractivity contribution in [1.82, 2.24) is 14.9 Å². The van der Waals surface area contributed by atoms with Crippen LogP contribution in [0.5, 0.6) is 5.88 Å². The molecule has 2 aromatic rings. The highest BCUT2D eigenvalue weighted by atomic mass is 19.1. The van der Waals surface area contributed by atoms with E-state index in [1.807, 2.05) is 0 Å². The van der Waals surface area contributed by atoms with Crippen LogP contribution in [0.1, 0.15) is 34.6 Å². The van der Waals surface area contributed by atoms with Crippen LogP contribution in [-0.2, 0) is 0 Å². The van der Waals surface area contributed by atoms with E-state index in [1.54, 1.807) is 13.0 Å². The highest BCUT2D eigenvalue weighted by molar-refractivity contribution is 6.30. The molecule has 3 rings (SSSR count). The summed E-state index contributed by atoms with van der Waals surface area (Å²) in [7, 11) is 1.51. The Balaban J connectivity index is 2.27. The Labute approximate surface area is 165 Å². The van der Waals surface area contributed by atoms with E-state index in [0.29, 0.717) is 5.56 Å². The van der Waals surface area contributed by atoms with E-state index in [0.717, 1.165) is 0 Å². The number of rotatable bonds is 1. The van der Waals surface area contributed by atoms with Crippen LogP contribution in [0.4, 0.5) is 10.2 Å². The summed E-state index contributed by atoms with van der Waals surface area (Å²) in [6, 6.07) is 5.46.